The highest BCUT2D eigenvalue weighted by atomic mass is 16.2. The first kappa shape index (κ1) is 19.6. The number of hydrogen-bond donors (Lipinski definition) is 0. The number of nitrogens with zero attached hydrogens (tertiary/aromatic N) is 6. The molecule has 1 fully saturated rings. The summed E-state index contributed by atoms with van der Waals surface area (Å²) in [7, 11) is 0. The quantitative estimate of drug-likeness (QED) is 0.780. The van der Waals surface area contributed by atoms with E-state index < -0.39 is 0 Å². The van der Waals surface area contributed by atoms with E-state index in [0.717, 1.165) is 43.7 Å². The van der Waals surface area contributed by atoms with Crippen LogP contribution in [0.15, 0.2) is 12.3 Å². The van der Waals surface area contributed by atoms with Crippen LogP contribution in [0.2, 0.25) is 0 Å². The molecule has 1 amide bonds. The highest BCUT2D eigenvalue weighted by Gasteiger charge is 2.27. The van der Waals surface area contributed by atoms with Gasteiger partial charge < -0.3 is 4.90 Å². The molecule has 3 rings (SSSR count). The molecule has 0 N–H and O–H groups in total. The summed E-state index contributed by atoms with van der Waals surface area (Å²) in [6.45, 7) is 12.8. The van der Waals surface area contributed by atoms with Gasteiger partial charge in [0.25, 0.3) is 5.91 Å². The fourth-order valence-electron chi connectivity index (χ4n) is 3.63. The Morgan fingerprint density at radius 2 is 1.93 bits per heavy atom. The summed E-state index contributed by atoms with van der Waals surface area (Å²) in [4.78, 5) is 15.0. The molecule has 0 radical (unpaired) electrons. The van der Waals surface area contributed by atoms with Gasteiger partial charge in [-0.15, -0.1) is 5.10 Å². The number of piperidine rings is 1. The Labute approximate surface area is 161 Å². The number of amides is 1. The molecule has 27 heavy (non-hydrogen) atoms. The molecule has 7 nitrogen and oxygen atoms in total. The van der Waals surface area contributed by atoms with Crippen LogP contribution in [0.4, 0.5) is 0 Å². The largest absolute Gasteiger partial charge is 0.337 e. The van der Waals surface area contributed by atoms with Crippen molar-refractivity contribution >= 4 is 5.91 Å². The molecule has 1 aliphatic heterocycles. The summed E-state index contributed by atoms with van der Waals surface area (Å²) in [5.41, 5.74) is 2.74. The van der Waals surface area contributed by atoms with Crippen molar-refractivity contribution in [3.05, 3.63) is 29.3 Å². The van der Waals surface area contributed by atoms with Crippen LogP contribution in [0, 0.1) is 5.92 Å². The van der Waals surface area contributed by atoms with E-state index >= 15 is 0 Å². The minimum absolute atomic E-state index is 0.0915. The molecule has 0 bridgehead atoms. The van der Waals surface area contributed by atoms with E-state index in [1.807, 2.05) is 27.3 Å². The Kier molecular flexibility index (Phi) is 5.97. The lowest BCUT2D eigenvalue weighted by Crippen LogP contribution is -2.40. The third kappa shape index (κ3) is 4.39. The highest BCUT2D eigenvalue weighted by molar-refractivity contribution is 5.92. The van der Waals surface area contributed by atoms with Gasteiger partial charge in [-0.25, -0.2) is 4.68 Å². The summed E-state index contributed by atoms with van der Waals surface area (Å²) in [5.74, 6) is 0.991. The van der Waals surface area contributed by atoms with Gasteiger partial charge in [-0.3, -0.25) is 9.48 Å². The SMILES string of the molecule is CCn1nc(C(C)C)cc1C(=O)N1CCC(n2cc(CC(C)C)nn2)CC1. The molecule has 3 heterocycles. The predicted octanol–water partition coefficient (Wildman–Crippen LogP) is 3.29. The Morgan fingerprint density at radius 3 is 2.52 bits per heavy atom. The number of aromatic nitrogens is 5. The molecule has 0 saturated carbocycles. The summed E-state index contributed by atoms with van der Waals surface area (Å²) < 4.78 is 3.83. The number of aryl methyl sites for hydroxylation is 1. The highest BCUT2D eigenvalue weighted by Crippen LogP contribution is 2.24. The summed E-state index contributed by atoms with van der Waals surface area (Å²) >= 11 is 0. The van der Waals surface area contributed by atoms with Crippen LogP contribution in [0.5, 0.6) is 0 Å². The molecule has 0 aliphatic carbocycles. The van der Waals surface area contributed by atoms with Crippen LogP contribution in [0.1, 0.15) is 81.3 Å². The van der Waals surface area contributed by atoms with Gasteiger partial charge in [0.1, 0.15) is 5.69 Å². The van der Waals surface area contributed by atoms with Gasteiger partial charge in [0.05, 0.1) is 17.4 Å². The lowest BCUT2D eigenvalue weighted by atomic mass is 10.0. The lowest BCUT2D eigenvalue weighted by molar-refractivity contribution is 0.0676. The standard InChI is InChI=1S/C20H32N6O/c1-6-25-19(12-18(22-25)15(4)5)20(27)24-9-7-17(8-10-24)26-13-16(21-23-26)11-14(2)3/h12-15,17H,6-11H2,1-5H3. The number of hydrogen-bond acceptors (Lipinski definition) is 4. The smallest absolute Gasteiger partial charge is 0.272 e. The van der Waals surface area contributed by atoms with Gasteiger partial charge in [0.2, 0.25) is 0 Å². The fraction of sp³-hybridized carbons (Fsp3) is 0.700. The average Bonchev–Trinajstić information content (AvgIpc) is 3.27. The van der Waals surface area contributed by atoms with Crippen LogP contribution in [0.25, 0.3) is 0 Å². The number of likely N-dealkylation sites (tertiary alicyclic amines) is 1. The van der Waals surface area contributed by atoms with Gasteiger partial charge in [-0.2, -0.15) is 5.10 Å². The topological polar surface area (TPSA) is 68.8 Å². The number of carbonyl (C=O) groups is 1. The van der Waals surface area contributed by atoms with Crippen molar-refractivity contribution in [2.24, 2.45) is 5.92 Å². The third-order valence-electron chi connectivity index (χ3n) is 5.21. The monoisotopic (exact) mass is 372 g/mol. The molecular formula is C20H32N6O. The zero-order valence-electron chi connectivity index (χ0n) is 17.2. The molecule has 0 spiro atoms. The minimum Gasteiger partial charge on any atom is -0.337 e. The van der Waals surface area contributed by atoms with Crippen molar-refractivity contribution < 1.29 is 4.79 Å². The summed E-state index contributed by atoms with van der Waals surface area (Å²) in [6, 6.07) is 2.28. The first-order valence-electron chi connectivity index (χ1n) is 10.2. The molecule has 7 heteroatoms. The molecule has 1 saturated heterocycles. The van der Waals surface area contributed by atoms with Crippen molar-refractivity contribution in [1.29, 1.82) is 0 Å². The van der Waals surface area contributed by atoms with Crippen molar-refractivity contribution in [2.75, 3.05) is 13.1 Å². The van der Waals surface area contributed by atoms with Crippen molar-refractivity contribution in [3.8, 4) is 0 Å². The van der Waals surface area contributed by atoms with Crippen molar-refractivity contribution in [3.63, 3.8) is 0 Å². The molecule has 148 valence electrons. The summed E-state index contributed by atoms with van der Waals surface area (Å²) in [6.07, 6.45) is 4.85. The Morgan fingerprint density at radius 1 is 1.22 bits per heavy atom. The first-order chi connectivity index (χ1) is 12.9. The van der Waals surface area contributed by atoms with E-state index in [1.165, 1.54) is 0 Å². The summed E-state index contributed by atoms with van der Waals surface area (Å²) in [5, 5.41) is 13.2. The molecular weight excluding hydrogens is 340 g/mol. The van der Waals surface area contributed by atoms with Crippen LogP contribution in [-0.4, -0.2) is 48.7 Å². The molecule has 2 aromatic rings. The average molecular weight is 373 g/mol. The lowest BCUT2D eigenvalue weighted by Gasteiger charge is -2.31. The van der Waals surface area contributed by atoms with Gasteiger partial charge in [0, 0.05) is 25.8 Å². The van der Waals surface area contributed by atoms with Crippen LogP contribution in [0.3, 0.4) is 0 Å². The Hall–Kier alpha value is -2.18. The van der Waals surface area contributed by atoms with E-state index in [2.05, 4.69) is 49.3 Å². The van der Waals surface area contributed by atoms with Crippen LogP contribution in [-0.2, 0) is 13.0 Å². The van der Waals surface area contributed by atoms with Gasteiger partial charge in [0.15, 0.2) is 0 Å². The normalized spacial score (nSPS) is 15.9. The second kappa shape index (κ2) is 8.23. The van der Waals surface area contributed by atoms with Gasteiger partial charge in [-0.05, 0) is 44.1 Å². The Balaban J connectivity index is 1.63. The first-order valence-corrected chi connectivity index (χ1v) is 10.2. The van der Waals surface area contributed by atoms with E-state index in [4.69, 9.17) is 0 Å². The van der Waals surface area contributed by atoms with Crippen LogP contribution >= 0.6 is 0 Å². The maximum Gasteiger partial charge on any atom is 0.272 e. The molecule has 0 unspecified atom stereocenters. The number of rotatable bonds is 6. The van der Waals surface area contributed by atoms with Gasteiger partial charge in [-0.1, -0.05) is 32.9 Å². The minimum atomic E-state index is 0.0915. The molecule has 2 aromatic heterocycles. The van der Waals surface area contributed by atoms with E-state index in [0.29, 0.717) is 30.1 Å². The van der Waals surface area contributed by atoms with E-state index in [9.17, 15) is 4.79 Å². The van der Waals surface area contributed by atoms with Crippen molar-refractivity contribution in [1.82, 2.24) is 29.7 Å². The van der Waals surface area contributed by atoms with E-state index in [1.54, 1.807) is 0 Å². The molecule has 0 atom stereocenters. The predicted molar refractivity (Wildman–Crippen MR) is 105 cm³/mol. The number of carbonyl (C=O) groups excluding carboxylic acids is 1. The molecule has 1 aliphatic rings. The maximum atomic E-state index is 13.0. The fourth-order valence-corrected chi connectivity index (χ4v) is 3.63. The van der Waals surface area contributed by atoms with Crippen molar-refractivity contribution in [2.45, 2.75) is 72.4 Å². The van der Waals surface area contributed by atoms with Crippen LogP contribution < -0.4 is 0 Å². The second-order valence-corrected chi connectivity index (χ2v) is 8.24. The van der Waals surface area contributed by atoms with E-state index in [-0.39, 0.29) is 5.91 Å². The zero-order valence-corrected chi connectivity index (χ0v) is 17.2. The second-order valence-electron chi connectivity index (χ2n) is 8.24. The zero-order chi connectivity index (χ0) is 19.6. The van der Waals surface area contributed by atoms with Gasteiger partial charge >= 0.3 is 0 Å². The molecule has 0 aromatic carbocycles. The Bertz CT molecular complexity index is 767. The maximum absolute atomic E-state index is 13.0. The third-order valence-corrected chi connectivity index (χ3v) is 5.21.